The molecule has 0 fully saturated rings. The van der Waals surface area contributed by atoms with E-state index in [0.717, 1.165) is 15.0 Å². The van der Waals surface area contributed by atoms with Gasteiger partial charge in [-0.2, -0.15) is 0 Å². The van der Waals surface area contributed by atoms with Crippen LogP contribution >= 0.6 is 22.6 Å². The van der Waals surface area contributed by atoms with Crippen molar-refractivity contribution in [2.24, 2.45) is 0 Å². The Hall–Kier alpha value is -0.850. The topological polar surface area (TPSA) is 39.4 Å². The lowest BCUT2D eigenvalue weighted by molar-refractivity contribution is 0.389. The maximum Gasteiger partial charge on any atom is 0.231 e. The average molecular weight is 289 g/mol. The Morgan fingerprint density at radius 2 is 2.23 bits per heavy atom. The van der Waals surface area contributed by atoms with Crippen LogP contribution in [0.3, 0.4) is 0 Å². The molecule has 0 bridgehead atoms. The maximum atomic E-state index is 5.02. The Kier molecular flexibility index (Phi) is 2.10. The van der Waals surface area contributed by atoms with Crippen molar-refractivity contribution in [3.63, 3.8) is 0 Å². The molecule has 0 saturated heterocycles. The molecule has 13 heavy (non-hydrogen) atoms. The highest BCUT2D eigenvalue weighted by molar-refractivity contribution is 14.1. The van der Waals surface area contributed by atoms with Crippen molar-refractivity contribution < 1.29 is 4.74 Å². The number of halogens is 1. The zero-order chi connectivity index (χ0) is 9.42. The Bertz CT molecular complexity index is 452. The Balaban J connectivity index is 2.75. The summed E-state index contributed by atoms with van der Waals surface area (Å²) in [6, 6.07) is 3.69. The van der Waals surface area contributed by atoms with Crippen LogP contribution in [0.25, 0.3) is 5.65 Å². The van der Waals surface area contributed by atoms with Gasteiger partial charge < -0.3 is 4.74 Å². The number of hydrogen-bond donors (Lipinski definition) is 0. The molecule has 0 unspecified atom stereocenters. The van der Waals surface area contributed by atoms with Crippen molar-refractivity contribution in [2.45, 2.75) is 6.92 Å². The fourth-order valence-corrected chi connectivity index (χ4v) is 1.58. The Labute approximate surface area is 89.1 Å². The van der Waals surface area contributed by atoms with E-state index in [1.807, 2.05) is 13.0 Å². The van der Waals surface area contributed by atoms with Crippen molar-refractivity contribution in [2.75, 3.05) is 7.11 Å². The number of aryl methyl sites for hydroxylation is 1. The molecule has 0 aromatic carbocycles. The summed E-state index contributed by atoms with van der Waals surface area (Å²) >= 11 is 2.21. The minimum atomic E-state index is 0.600. The normalized spacial score (nSPS) is 10.7. The second-order valence-corrected chi connectivity index (χ2v) is 3.66. The van der Waals surface area contributed by atoms with Gasteiger partial charge in [-0.3, -0.25) is 0 Å². The number of hydrogen-bond acceptors (Lipinski definition) is 3. The van der Waals surface area contributed by atoms with E-state index in [1.165, 1.54) is 0 Å². The summed E-state index contributed by atoms with van der Waals surface area (Å²) in [4.78, 5) is 4.33. The fourth-order valence-electron chi connectivity index (χ4n) is 1.11. The smallest absolute Gasteiger partial charge is 0.231 e. The molecule has 0 aliphatic rings. The number of fused-ring (bicyclic) bond motifs is 1. The van der Waals surface area contributed by atoms with Gasteiger partial charge in [-0.1, -0.05) is 0 Å². The summed E-state index contributed by atoms with van der Waals surface area (Å²) in [7, 11) is 1.60. The molecule has 0 N–H and O–H groups in total. The third kappa shape index (κ3) is 1.37. The van der Waals surface area contributed by atoms with Crippen LogP contribution < -0.4 is 4.74 Å². The molecule has 5 heteroatoms. The SMILES string of the molecule is COc1ccc2nc(C)c(I)n2n1. The van der Waals surface area contributed by atoms with Gasteiger partial charge in [0.2, 0.25) is 5.88 Å². The minimum absolute atomic E-state index is 0.600. The first kappa shape index (κ1) is 8.74. The minimum Gasteiger partial charge on any atom is -0.480 e. The molecular weight excluding hydrogens is 281 g/mol. The van der Waals surface area contributed by atoms with E-state index in [4.69, 9.17) is 4.74 Å². The second-order valence-electron chi connectivity index (χ2n) is 2.63. The summed E-state index contributed by atoms with van der Waals surface area (Å²) in [5, 5.41) is 4.24. The molecule has 68 valence electrons. The Morgan fingerprint density at radius 1 is 1.46 bits per heavy atom. The highest BCUT2D eigenvalue weighted by Crippen LogP contribution is 2.15. The molecule has 0 radical (unpaired) electrons. The van der Waals surface area contributed by atoms with Gasteiger partial charge in [0, 0.05) is 6.07 Å². The molecule has 0 atom stereocenters. The van der Waals surface area contributed by atoms with Gasteiger partial charge in [-0.15, -0.1) is 5.10 Å². The van der Waals surface area contributed by atoms with Crippen LogP contribution in [0.5, 0.6) is 5.88 Å². The van der Waals surface area contributed by atoms with E-state index in [0.29, 0.717) is 5.88 Å². The van der Waals surface area contributed by atoms with Crippen molar-refractivity contribution in [1.29, 1.82) is 0 Å². The zero-order valence-corrected chi connectivity index (χ0v) is 9.44. The number of aromatic nitrogens is 3. The summed E-state index contributed by atoms with van der Waals surface area (Å²) in [6.45, 7) is 1.96. The first-order valence-electron chi connectivity index (χ1n) is 3.78. The summed E-state index contributed by atoms with van der Waals surface area (Å²) in [6.07, 6.45) is 0. The second kappa shape index (κ2) is 3.13. The van der Waals surface area contributed by atoms with E-state index in [-0.39, 0.29) is 0 Å². The van der Waals surface area contributed by atoms with E-state index < -0.39 is 0 Å². The van der Waals surface area contributed by atoms with Crippen LogP contribution in [0, 0.1) is 10.6 Å². The zero-order valence-electron chi connectivity index (χ0n) is 7.28. The lowest BCUT2D eigenvalue weighted by Crippen LogP contribution is -1.96. The molecule has 0 aliphatic carbocycles. The van der Waals surface area contributed by atoms with Crippen LogP contribution in [-0.2, 0) is 0 Å². The monoisotopic (exact) mass is 289 g/mol. The van der Waals surface area contributed by atoms with Crippen molar-refractivity contribution in [3.8, 4) is 5.88 Å². The fraction of sp³-hybridized carbons (Fsp3) is 0.250. The predicted octanol–water partition coefficient (Wildman–Crippen LogP) is 1.65. The van der Waals surface area contributed by atoms with Crippen LogP contribution in [0.4, 0.5) is 0 Å². The van der Waals surface area contributed by atoms with Crippen LogP contribution in [0.15, 0.2) is 12.1 Å². The Morgan fingerprint density at radius 3 is 2.92 bits per heavy atom. The molecule has 0 spiro atoms. The van der Waals surface area contributed by atoms with E-state index in [2.05, 4.69) is 32.7 Å². The summed E-state index contributed by atoms with van der Waals surface area (Å²) in [5.41, 5.74) is 1.84. The van der Waals surface area contributed by atoms with Crippen LogP contribution in [0.1, 0.15) is 5.69 Å². The number of ether oxygens (including phenoxy) is 1. The van der Waals surface area contributed by atoms with Gasteiger partial charge in [-0.25, -0.2) is 9.50 Å². The van der Waals surface area contributed by atoms with E-state index in [1.54, 1.807) is 17.7 Å². The molecule has 0 amide bonds. The van der Waals surface area contributed by atoms with Gasteiger partial charge in [0.05, 0.1) is 12.8 Å². The standard InChI is InChI=1S/C8H8IN3O/c1-5-8(9)12-6(10-5)3-4-7(11-12)13-2/h3-4H,1-2H3. The lowest BCUT2D eigenvalue weighted by atomic mass is 10.5. The molecule has 2 aromatic rings. The van der Waals surface area contributed by atoms with Crippen molar-refractivity contribution in [3.05, 3.63) is 21.5 Å². The average Bonchev–Trinajstić information content (AvgIpc) is 2.43. The van der Waals surface area contributed by atoms with Crippen LogP contribution in [-0.4, -0.2) is 21.7 Å². The maximum absolute atomic E-state index is 5.02. The quantitative estimate of drug-likeness (QED) is 0.749. The highest BCUT2D eigenvalue weighted by atomic mass is 127. The molecule has 4 nitrogen and oxygen atoms in total. The predicted molar refractivity (Wildman–Crippen MR) is 57.0 cm³/mol. The van der Waals surface area contributed by atoms with Gasteiger partial charge in [-0.05, 0) is 35.6 Å². The van der Waals surface area contributed by atoms with Crippen molar-refractivity contribution >= 4 is 28.2 Å². The lowest BCUT2D eigenvalue weighted by Gasteiger charge is -1.98. The van der Waals surface area contributed by atoms with Gasteiger partial charge in [0.1, 0.15) is 3.70 Å². The molecule has 2 aromatic heterocycles. The molecule has 0 saturated carbocycles. The van der Waals surface area contributed by atoms with Crippen LogP contribution in [0.2, 0.25) is 0 Å². The van der Waals surface area contributed by atoms with Crippen molar-refractivity contribution in [1.82, 2.24) is 14.6 Å². The molecular formula is C8H8IN3O. The third-order valence-corrected chi connectivity index (χ3v) is 3.00. The number of methoxy groups -OCH3 is 1. The van der Waals surface area contributed by atoms with Gasteiger partial charge >= 0.3 is 0 Å². The van der Waals surface area contributed by atoms with Gasteiger partial charge in [0.15, 0.2) is 5.65 Å². The molecule has 2 heterocycles. The number of nitrogens with zero attached hydrogens (tertiary/aromatic N) is 3. The van der Waals surface area contributed by atoms with Gasteiger partial charge in [0.25, 0.3) is 0 Å². The largest absolute Gasteiger partial charge is 0.480 e. The number of imidazole rings is 1. The first-order valence-corrected chi connectivity index (χ1v) is 4.86. The van der Waals surface area contributed by atoms with E-state index >= 15 is 0 Å². The first-order chi connectivity index (χ1) is 6.22. The number of rotatable bonds is 1. The third-order valence-electron chi connectivity index (χ3n) is 1.77. The molecule has 0 aliphatic heterocycles. The molecule has 2 rings (SSSR count). The summed E-state index contributed by atoms with van der Waals surface area (Å²) < 4.78 is 7.82. The van der Waals surface area contributed by atoms with E-state index in [9.17, 15) is 0 Å². The summed E-state index contributed by atoms with van der Waals surface area (Å²) in [5.74, 6) is 0.600. The highest BCUT2D eigenvalue weighted by Gasteiger charge is 2.06.